The number of aryl methyl sites for hydroxylation is 1. The summed E-state index contributed by atoms with van der Waals surface area (Å²) in [6.07, 6.45) is 1.16. The van der Waals surface area contributed by atoms with Crippen molar-refractivity contribution >= 4 is 17.4 Å². The number of carbonyl (C=O) groups is 2. The first-order valence-corrected chi connectivity index (χ1v) is 5.58. The van der Waals surface area contributed by atoms with Gasteiger partial charge in [-0.15, -0.1) is 0 Å². The molecule has 4 heteroatoms. The second-order valence-electron chi connectivity index (χ2n) is 4.18. The minimum Gasteiger partial charge on any atom is -0.497 e. The number of Topliss-reactive ketones (excluding diaryl/α,β-unsaturated/α-hetero) is 1. The number of methoxy groups -OCH3 is 1. The third-order valence-corrected chi connectivity index (χ3v) is 2.87. The van der Waals surface area contributed by atoms with Crippen LogP contribution in [0.3, 0.4) is 0 Å². The van der Waals surface area contributed by atoms with Crippen molar-refractivity contribution in [2.45, 2.75) is 19.8 Å². The molecule has 0 aliphatic carbocycles. The summed E-state index contributed by atoms with van der Waals surface area (Å²) in [6, 6.07) is 5.58. The van der Waals surface area contributed by atoms with Crippen LogP contribution >= 0.6 is 0 Å². The number of hydrogen-bond donors (Lipinski definition) is 0. The van der Waals surface area contributed by atoms with E-state index in [9.17, 15) is 9.59 Å². The highest BCUT2D eigenvalue weighted by molar-refractivity contribution is 6.01. The molecular weight excluding hydrogens is 218 g/mol. The van der Waals surface area contributed by atoms with E-state index in [0.29, 0.717) is 12.8 Å². The second kappa shape index (κ2) is 4.57. The molecule has 1 aliphatic heterocycles. The first-order chi connectivity index (χ1) is 8.11. The third kappa shape index (κ3) is 2.30. The third-order valence-electron chi connectivity index (χ3n) is 2.87. The Morgan fingerprint density at radius 3 is 2.82 bits per heavy atom. The van der Waals surface area contributed by atoms with E-state index in [4.69, 9.17) is 4.74 Å². The fourth-order valence-corrected chi connectivity index (χ4v) is 2.06. The lowest BCUT2D eigenvalue weighted by molar-refractivity contribution is -0.122. The van der Waals surface area contributed by atoms with E-state index in [1.54, 1.807) is 12.0 Å². The molecule has 1 heterocycles. The van der Waals surface area contributed by atoms with Crippen LogP contribution in [0.4, 0.5) is 5.69 Å². The maximum absolute atomic E-state index is 11.8. The van der Waals surface area contributed by atoms with Gasteiger partial charge in [-0.05, 0) is 37.1 Å². The van der Waals surface area contributed by atoms with Gasteiger partial charge in [-0.25, -0.2) is 0 Å². The Hall–Kier alpha value is -1.84. The highest BCUT2D eigenvalue weighted by Gasteiger charge is 2.25. The Kier molecular flexibility index (Phi) is 3.13. The zero-order chi connectivity index (χ0) is 12.4. The minimum atomic E-state index is -0.0120. The molecule has 1 aromatic rings. The Morgan fingerprint density at radius 1 is 1.41 bits per heavy atom. The van der Waals surface area contributed by atoms with Crippen LogP contribution in [-0.4, -0.2) is 25.3 Å². The van der Waals surface area contributed by atoms with E-state index >= 15 is 0 Å². The van der Waals surface area contributed by atoms with Gasteiger partial charge < -0.3 is 9.64 Å². The molecule has 0 aromatic heterocycles. The van der Waals surface area contributed by atoms with Crippen LogP contribution in [0.2, 0.25) is 0 Å². The number of carbonyl (C=O) groups excluding carboxylic acids is 2. The lowest BCUT2D eigenvalue weighted by Crippen LogP contribution is -2.38. The van der Waals surface area contributed by atoms with Gasteiger partial charge in [0.1, 0.15) is 11.5 Å². The van der Waals surface area contributed by atoms with Gasteiger partial charge in [0, 0.05) is 12.1 Å². The molecule has 17 heavy (non-hydrogen) atoms. The van der Waals surface area contributed by atoms with E-state index in [-0.39, 0.29) is 18.2 Å². The van der Waals surface area contributed by atoms with Crippen molar-refractivity contribution in [3.05, 3.63) is 23.8 Å². The number of hydrogen-bond acceptors (Lipinski definition) is 3. The first-order valence-electron chi connectivity index (χ1n) is 5.58. The van der Waals surface area contributed by atoms with Crippen molar-refractivity contribution in [3.63, 3.8) is 0 Å². The van der Waals surface area contributed by atoms with Gasteiger partial charge in [-0.2, -0.15) is 0 Å². The molecule has 2 rings (SSSR count). The van der Waals surface area contributed by atoms with Gasteiger partial charge in [-0.1, -0.05) is 0 Å². The second-order valence-corrected chi connectivity index (χ2v) is 4.18. The maximum Gasteiger partial charge on any atom is 0.227 e. The topological polar surface area (TPSA) is 46.6 Å². The number of benzene rings is 1. The first kappa shape index (κ1) is 11.6. The highest BCUT2D eigenvalue weighted by atomic mass is 16.5. The molecule has 1 aliphatic rings. The molecule has 0 saturated heterocycles. The molecule has 4 nitrogen and oxygen atoms in total. The van der Waals surface area contributed by atoms with E-state index in [0.717, 1.165) is 17.0 Å². The summed E-state index contributed by atoms with van der Waals surface area (Å²) in [7, 11) is 1.61. The van der Waals surface area contributed by atoms with Gasteiger partial charge in [0.05, 0.1) is 13.7 Å². The number of fused-ring (bicyclic) bond motifs is 1. The predicted molar refractivity (Wildman–Crippen MR) is 64.3 cm³/mol. The van der Waals surface area contributed by atoms with Crippen LogP contribution in [-0.2, 0) is 16.0 Å². The SMILES string of the molecule is COc1ccc2c(c1)CCC(=O)N2CC(C)=O. The summed E-state index contributed by atoms with van der Waals surface area (Å²) in [5.41, 5.74) is 1.89. The number of amides is 1. The normalized spacial score (nSPS) is 14.5. The van der Waals surface area contributed by atoms with Crippen LogP contribution in [0.15, 0.2) is 18.2 Å². The minimum absolute atomic E-state index is 0.0119. The predicted octanol–water partition coefficient (Wildman–Crippen LogP) is 1.56. The molecule has 0 saturated carbocycles. The van der Waals surface area contributed by atoms with Crippen LogP contribution in [0.25, 0.3) is 0 Å². The molecule has 0 radical (unpaired) electrons. The van der Waals surface area contributed by atoms with Gasteiger partial charge in [0.25, 0.3) is 0 Å². The van der Waals surface area contributed by atoms with Crippen molar-refractivity contribution in [2.24, 2.45) is 0 Å². The summed E-state index contributed by atoms with van der Waals surface area (Å²) in [4.78, 5) is 24.5. The number of rotatable bonds is 3. The van der Waals surface area contributed by atoms with Crippen LogP contribution in [0, 0.1) is 0 Å². The van der Waals surface area contributed by atoms with Crippen molar-refractivity contribution < 1.29 is 14.3 Å². The summed E-state index contributed by atoms with van der Waals surface area (Å²) in [6.45, 7) is 1.64. The Balaban J connectivity index is 2.37. The molecule has 90 valence electrons. The fourth-order valence-electron chi connectivity index (χ4n) is 2.06. The molecule has 0 spiro atoms. The van der Waals surface area contributed by atoms with E-state index in [1.807, 2.05) is 18.2 Å². The number of nitrogens with zero attached hydrogens (tertiary/aromatic N) is 1. The molecule has 0 unspecified atom stereocenters. The molecule has 0 N–H and O–H groups in total. The summed E-state index contributed by atoms with van der Waals surface area (Å²) >= 11 is 0. The Bertz CT molecular complexity index is 468. The summed E-state index contributed by atoms with van der Waals surface area (Å²) in [5, 5.41) is 0. The van der Waals surface area contributed by atoms with Crippen molar-refractivity contribution in [1.82, 2.24) is 0 Å². The molecular formula is C13H15NO3. The van der Waals surface area contributed by atoms with Gasteiger partial charge in [0.2, 0.25) is 5.91 Å². The molecule has 0 fully saturated rings. The quantitative estimate of drug-likeness (QED) is 0.796. The smallest absolute Gasteiger partial charge is 0.227 e. The largest absolute Gasteiger partial charge is 0.497 e. The maximum atomic E-state index is 11.8. The zero-order valence-corrected chi connectivity index (χ0v) is 10.0. The molecule has 0 bridgehead atoms. The number of ether oxygens (including phenoxy) is 1. The average Bonchev–Trinajstić information content (AvgIpc) is 2.32. The Labute approximate surface area is 100 Å². The lowest BCUT2D eigenvalue weighted by atomic mass is 10.0. The van der Waals surface area contributed by atoms with Gasteiger partial charge >= 0.3 is 0 Å². The van der Waals surface area contributed by atoms with Crippen LogP contribution in [0.1, 0.15) is 18.9 Å². The fraction of sp³-hybridized carbons (Fsp3) is 0.385. The molecule has 1 aromatic carbocycles. The molecule has 1 amide bonds. The van der Waals surface area contributed by atoms with Crippen molar-refractivity contribution in [3.8, 4) is 5.75 Å². The monoisotopic (exact) mass is 233 g/mol. The Morgan fingerprint density at radius 2 is 2.18 bits per heavy atom. The standard InChI is InChI=1S/C13H15NO3/c1-9(15)8-14-12-5-4-11(17-2)7-10(12)3-6-13(14)16/h4-5,7H,3,6,8H2,1-2H3. The van der Waals surface area contributed by atoms with Crippen LogP contribution in [0.5, 0.6) is 5.75 Å². The van der Waals surface area contributed by atoms with Gasteiger partial charge in [0.15, 0.2) is 0 Å². The summed E-state index contributed by atoms with van der Waals surface area (Å²) < 4.78 is 5.15. The van der Waals surface area contributed by atoms with E-state index in [2.05, 4.69) is 0 Å². The van der Waals surface area contributed by atoms with Crippen LogP contribution < -0.4 is 9.64 Å². The number of anilines is 1. The summed E-state index contributed by atoms with van der Waals surface area (Å²) in [5.74, 6) is 0.778. The van der Waals surface area contributed by atoms with Crippen molar-refractivity contribution in [1.29, 1.82) is 0 Å². The molecule has 0 atom stereocenters. The lowest BCUT2D eigenvalue weighted by Gasteiger charge is -2.28. The van der Waals surface area contributed by atoms with E-state index < -0.39 is 0 Å². The van der Waals surface area contributed by atoms with Gasteiger partial charge in [-0.3, -0.25) is 9.59 Å². The number of ketones is 1. The average molecular weight is 233 g/mol. The van der Waals surface area contributed by atoms with E-state index in [1.165, 1.54) is 6.92 Å². The highest BCUT2D eigenvalue weighted by Crippen LogP contribution is 2.30. The zero-order valence-electron chi connectivity index (χ0n) is 10.0. The van der Waals surface area contributed by atoms with Crippen molar-refractivity contribution in [2.75, 3.05) is 18.6 Å².